The maximum Gasteiger partial charge on any atom is 0.256 e. The summed E-state index contributed by atoms with van der Waals surface area (Å²) in [6, 6.07) is 7.32. The lowest BCUT2D eigenvalue weighted by Gasteiger charge is -2.16. The number of nitrogens with zero attached hydrogens (tertiary/aromatic N) is 1. The highest BCUT2D eigenvalue weighted by Gasteiger charge is 2.20. The van der Waals surface area contributed by atoms with Crippen molar-refractivity contribution >= 4 is 34.5 Å². The molecule has 0 spiro atoms. The van der Waals surface area contributed by atoms with Crippen molar-refractivity contribution in [1.82, 2.24) is 0 Å². The van der Waals surface area contributed by atoms with Gasteiger partial charge in [-0.15, -0.1) is 11.3 Å². The van der Waals surface area contributed by atoms with Crippen molar-refractivity contribution in [3.8, 4) is 0 Å². The molecule has 1 N–H and O–H groups in total. The van der Waals surface area contributed by atoms with Crippen LogP contribution in [0.2, 0.25) is 0 Å². The lowest BCUT2D eigenvalue weighted by atomic mass is 9.95. The van der Waals surface area contributed by atoms with E-state index in [-0.39, 0.29) is 11.8 Å². The highest BCUT2D eigenvalue weighted by atomic mass is 32.1. The van der Waals surface area contributed by atoms with Crippen molar-refractivity contribution in [2.45, 2.75) is 32.6 Å². The van der Waals surface area contributed by atoms with E-state index in [2.05, 4.69) is 5.32 Å². The third kappa shape index (κ3) is 3.29. The fraction of sp³-hybridized carbons (Fsp3) is 0.333. The Morgan fingerprint density at radius 3 is 2.52 bits per heavy atom. The summed E-state index contributed by atoms with van der Waals surface area (Å²) in [7, 11) is 1.73. The molecule has 0 radical (unpaired) electrons. The van der Waals surface area contributed by atoms with Crippen molar-refractivity contribution in [2.24, 2.45) is 0 Å². The highest BCUT2D eigenvalue weighted by Crippen LogP contribution is 2.30. The molecule has 1 aromatic carbocycles. The number of rotatable bonds is 3. The van der Waals surface area contributed by atoms with Gasteiger partial charge in [0.15, 0.2) is 0 Å². The fourth-order valence-electron chi connectivity index (χ4n) is 2.83. The average molecular weight is 328 g/mol. The Labute approximate surface area is 140 Å². The molecule has 0 bridgehead atoms. The minimum Gasteiger partial charge on any atom is -0.322 e. The van der Waals surface area contributed by atoms with Crippen LogP contribution in [0.25, 0.3) is 0 Å². The number of nitrogens with one attached hydrogen (secondary N) is 1. The van der Waals surface area contributed by atoms with Crippen LogP contribution in [0.3, 0.4) is 0 Å². The van der Waals surface area contributed by atoms with E-state index in [0.717, 1.165) is 36.2 Å². The zero-order valence-electron chi connectivity index (χ0n) is 13.4. The molecule has 4 nitrogen and oxygen atoms in total. The molecule has 2 aromatic rings. The summed E-state index contributed by atoms with van der Waals surface area (Å²) in [6.07, 6.45) is 4.49. The van der Waals surface area contributed by atoms with Crippen LogP contribution in [0.15, 0.2) is 29.6 Å². The number of hydrogen-bond donors (Lipinski definition) is 1. The van der Waals surface area contributed by atoms with Crippen LogP contribution in [0.1, 0.15) is 40.6 Å². The van der Waals surface area contributed by atoms with Crippen molar-refractivity contribution in [3.05, 3.63) is 45.6 Å². The molecule has 1 aromatic heterocycles. The number of hydrogen-bond acceptors (Lipinski definition) is 3. The van der Waals surface area contributed by atoms with Gasteiger partial charge in [0.2, 0.25) is 5.91 Å². The Morgan fingerprint density at radius 2 is 1.83 bits per heavy atom. The maximum absolute atomic E-state index is 12.5. The SMILES string of the molecule is CC(=O)N(C)c1ccc(NC(=O)c2csc3c2CCCC3)cc1. The van der Waals surface area contributed by atoms with Gasteiger partial charge in [0.05, 0.1) is 5.56 Å². The van der Waals surface area contributed by atoms with Crippen molar-refractivity contribution in [3.63, 3.8) is 0 Å². The number of aryl methyl sites for hydroxylation is 1. The van der Waals surface area contributed by atoms with E-state index < -0.39 is 0 Å². The molecule has 0 saturated carbocycles. The minimum atomic E-state index is -0.0444. The third-order valence-corrected chi connectivity index (χ3v) is 5.38. The second-order valence-corrected chi connectivity index (χ2v) is 6.80. The molecule has 5 heteroatoms. The van der Waals surface area contributed by atoms with E-state index in [4.69, 9.17) is 0 Å². The first kappa shape index (κ1) is 15.7. The summed E-state index contributed by atoms with van der Waals surface area (Å²) in [5.74, 6) is -0.0660. The van der Waals surface area contributed by atoms with Gasteiger partial charge in [0.25, 0.3) is 5.91 Å². The number of amides is 2. The zero-order chi connectivity index (χ0) is 16.4. The lowest BCUT2D eigenvalue weighted by Crippen LogP contribution is -2.22. The molecule has 1 aliphatic carbocycles. The van der Waals surface area contributed by atoms with Crippen LogP contribution in [0, 0.1) is 0 Å². The smallest absolute Gasteiger partial charge is 0.256 e. The van der Waals surface area contributed by atoms with Gasteiger partial charge in [-0.05, 0) is 55.5 Å². The molecule has 0 saturated heterocycles. The summed E-state index contributed by atoms with van der Waals surface area (Å²) in [6.45, 7) is 1.52. The normalized spacial score (nSPS) is 13.3. The molecule has 1 aliphatic rings. The van der Waals surface area contributed by atoms with Crippen molar-refractivity contribution in [1.29, 1.82) is 0 Å². The van der Waals surface area contributed by atoms with Gasteiger partial charge in [0, 0.05) is 35.6 Å². The number of thiophene rings is 1. The van der Waals surface area contributed by atoms with E-state index >= 15 is 0 Å². The summed E-state index contributed by atoms with van der Waals surface area (Å²) in [5, 5.41) is 4.93. The van der Waals surface area contributed by atoms with Crippen LogP contribution >= 0.6 is 11.3 Å². The number of benzene rings is 1. The first-order chi connectivity index (χ1) is 11.1. The van der Waals surface area contributed by atoms with Gasteiger partial charge in [-0.2, -0.15) is 0 Å². The average Bonchev–Trinajstić information content (AvgIpc) is 2.99. The van der Waals surface area contributed by atoms with Crippen molar-refractivity contribution in [2.75, 3.05) is 17.3 Å². The largest absolute Gasteiger partial charge is 0.322 e. The summed E-state index contributed by atoms with van der Waals surface area (Å²) in [5.41, 5.74) is 3.59. The first-order valence-electron chi connectivity index (χ1n) is 7.81. The molecule has 0 aliphatic heterocycles. The standard InChI is InChI=1S/C18H20N2O2S/c1-12(21)20(2)14-9-7-13(8-10-14)19-18(22)16-11-23-17-6-4-3-5-15(16)17/h7-11H,3-6H2,1-2H3,(H,19,22). The van der Waals surface area contributed by atoms with E-state index in [0.29, 0.717) is 0 Å². The van der Waals surface area contributed by atoms with Crippen LogP contribution < -0.4 is 10.2 Å². The Hall–Kier alpha value is -2.14. The molecule has 0 unspecified atom stereocenters. The molecule has 2 amide bonds. The molecular weight excluding hydrogens is 308 g/mol. The quantitative estimate of drug-likeness (QED) is 0.930. The Balaban J connectivity index is 1.73. The van der Waals surface area contributed by atoms with Crippen LogP contribution in [-0.2, 0) is 17.6 Å². The number of anilines is 2. The van der Waals surface area contributed by atoms with Gasteiger partial charge in [0.1, 0.15) is 0 Å². The molecule has 3 rings (SSSR count). The Kier molecular flexibility index (Phi) is 4.48. The number of carbonyl (C=O) groups excluding carboxylic acids is 2. The summed E-state index contributed by atoms with van der Waals surface area (Å²) >= 11 is 1.70. The lowest BCUT2D eigenvalue weighted by molar-refractivity contribution is -0.116. The molecule has 120 valence electrons. The topological polar surface area (TPSA) is 49.4 Å². The summed E-state index contributed by atoms with van der Waals surface area (Å²) in [4.78, 5) is 26.8. The van der Waals surface area contributed by atoms with E-state index in [1.807, 2.05) is 29.6 Å². The van der Waals surface area contributed by atoms with Crippen molar-refractivity contribution < 1.29 is 9.59 Å². The summed E-state index contributed by atoms with van der Waals surface area (Å²) < 4.78 is 0. The monoisotopic (exact) mass is 328 g/mol. The van der Waals surface area contributed by atoms with Crippen LogP contribution in [0.5, 0.6) is 0 Å². The van der Waals surface area contributed by atoms with Crippen LogP contribution in [0.4, 0.5) is 11.4 Å². The number of carbonyl (C=O) groups is 2. The van der Waals surface area contributed by atoms with E-state index in [1.54, 1.807) is 23.3 Å². The van der Waals surface area contributed by atoms with Gasteiger partial charge in [-0.3, -0.25) is 9.59 Å². The Bertz CT molecular complexity index is 734. The van der Waals surface area contributed by atoms with E-state index in [1.165, 1.54) is 23.8 Å². The molecule has 0 atom stereocenters. The van der Waals surface area contributed by atoms with Gasteiger partial charge in [-0.1, -0.05) is 0 Å². The second-order valence-electron chi connectivity index (χ2n) is 5.84. The molecule has 23 heavy (non-hydrogen) atoms. The predicted molar refractivity (Wildman–Crippen MR) is 94.4 cm³/mol. The van der Waals surface area contributed by atoms with Crippen LogP contribution in [-0.4, -0.2) is 18.9 Å². The third-order valence-electron chi connectivity index (χ3n) is 4.29. The minimum absolute atomic E-state index is 0.0216. The zero-order valence-corrected chi connectivity index (χ0v) is 14.2. The highest BCUT2D eigenvalue weighted by molar-refractivity contribution is 7.10. The first-order valence-corrected chi connectivity index (χ1v) is 8.69. The van der Waals surface area contributed by atoms with Gasteiger partial charge < -0.3 is 10.2 Å². The molecule has 1 heterocycles. The Morgan fingerprint density at radius 1 is 1.13 bits per heavy atom. The maximum atomic E-state index is 12.5. The van der Waals surface area contributed by atoms with Gasteiger partial charge in [-0.25, -0.2) is 0 Å². The predicted octanol–water partition coefficient (Wildman–Crippen LogP) is 3.86. The molecular formula is C18H20N2O2S. The number of fused-ring (bicyclic) bond motifs is 1. The van der Waals surface area contributed by atoms with E-state index in [9.17, 15) is 9.59 Å². The van der Waals surface area contributed by atoms with Gasteiger partial charge >= 0.3 is 0 Å². The molecule has 0 fully saturated rings. The second kappa shape index (κ2) is 6.54. The fourth-order valence-corrected chi connectivity index (χ4v) is 3.96.